The number of aryl methyl sites for hydroxylation is 3. The minimum absolute atomic E-state index is 0.528. The van der Waals surface area contributed by atoms with Gasteiger partial charge in [0.05, 0.1) is 28.8 Å². The van der Waals surface area contributed by atoms with Gasteiger partial charge in [-0.2, -0.15) is 5.10 Å². The normalized spacial score (nSPS) is 10.6. The van der Waals surface area contributed by atoms with Gasteiger partial charge in [0.2, 0.25) is 5.95 Å². The van der Waals surface area contributed by atoms with Crippen molar-refractivity contribution in [3.63, 3.8) is 0 Å². The van der Waals surface area contributed by atoms with Gasteiger partial charge in [-0.05, 0) is 18.4 Å². The first kappa shape index (κ1) is 14.5. The molecule has 2 heterocycles. The average Bonchev–Trinajstić information content (AvgIpc) is 2.94. The van der Waals surface area contributed by atoms with Gasteiger partial charge < -0.3 is 5.32 Å². The van der Waals surface area contributed by atoms with Crippen LogP contribution < -0.4 is 5.32 Å². The van der Waals surface area contributed by atoms with E-state index >= 15 is 0 Å². The maximum Gasteiger partial charge on any atom is 0.227 e. The summed E-state index contributed by atoms with van der Waals surface area (Å²) in [5.41, 5.74) is 2.95. The van der Waals surface area contributed by atoms with Gasteiger partial charge in [0.1, 0.15) is 0 Å². The van der Waals surface area contributed by atoms with Gasteiger partial charge in [0, 0.05) is 13.2 Å². The summed E-state index contributed by atoms with van der Waals surface area (Å²) in [7, 11) is 1.86. The van der Waals surface area contributed by atoms with Crippen LogP contribution in [0.2, 0.25) is 5.02 Å². The number of hydrogen-bond donors (Lipinski definition) is 1. The van der Waals surface area contributed by atoms with Crippen molar-refractivity contribution in [1.29, 1.82) is 0 Å². The predicted molar refractivity (Wildman–Crippen MR) is 87.4 cm³/mol. The van der Waals surface area contributed by atoms with Crippen LogP contribution in [0.1, 0.15) is 11.3 Å². The Bertz CT molecular complexity index is 754. The van der Waals surface area contributed by atoms with Crippen LogP contribution in [0.25, 0.3) is 0 Å². The second-order valence-corrected chi connectivity index (χ2v) is 5.41. The second-order valence-electron chi connectivity index (χ2n) is 5.00. The number of anilines is 2. The number of benzene rings is 1. The van der Waals surface area contributed by atoms with E-state index in [-0.39, 0.29) is 0 Å². The molecular formula is C16H16ClN5. The van der Waals surface area contributed by atoms with Crippen molar-refractivity contribution in [2.45, 2.75) is 12.8 Å². The van der Waals surface area contributed by atoms with Crippen LogP contribution >= 0.6 is 11.6 Å². The van der Waals surface area contributed by atoms with Crippen LogP contribution in [-0.4, -0.2) is 19.7 Å². The first-order valence-corrected chi connectivity index (χ1v) is 7.39. The Hall–Kier alpha value is -2.40. The van der Waals surface area contributed by atoms with E-state index in [1.807, 2.05) is 31.4 Å². The fraction of sp³-hybridized carbons (Fsp3) is 0.188. The van der Waals surface area contributed by atoms with Crippen LogP contribution in [0.15, 0.2) is 48.9 Å². The fourth-order valence-electron chi connectivity index (χ4n) is 2.16. The van der Waals surface area contributed by atoms with Crippen molar-refractivity contribution in [2.75, 3.05) is 5.32 Å². The minimum Gasteiger partial charge on any atom is -0.321 e. The van der Waals surface area contributed by atoms with Crippen LogP contribution in [0.3, 0.4) is 0 Å². The summed E-state index contributed by atoms with van der Waals surface area (Å²) in [5.74, 6) is 0.528. The molecular weight excluding hydrogens is 298 g/mol. The molecule has 3 rings (SSSR count). The molecule has 0 aliphatic heterocycles. The Labute approximate surface area is 134 Å². The largest absolute Gasteiger partial charge is 0.321 e. The molecule has 0 fully saturated rings. The molecule has 1 N–H and O–H groups in total. The highest BCUT2D eigenvalue weighted by Crippen LogP contribution is 2.18. The van der Waals surface area contributed by atoms with Crippen LogP contribution in [0.5, 0.6) is 0 Å². The number of nitrogens with zero attached hydrogens (tertiary/aromatic N) is 4. The molecule has 0 radical (unpaired) electrons. The Morgan fingerprint density at radius 1 is 1.14 bits per heavy atom. The number of nitrogens with one attached hydrogen (secondary N) is 1. The minimum atomic E-state index is 0.528. The van der Waals surface area contributed by atoms with Crippen molar-refractivity contribution in [3.05, 3.63) is 65.2 Å². The molecule has 5 nitrogen and oxygen atoms in total. The SMILES string of the molecule is Cn1cc(Nc2ncc(Cl)c(CCc3ccccc3)n2)cn1. The second kappa shape index (κ2) is 6.58. The van der Waals surface area contributed by atoms with E-state index < -0.39 is 0 Å². The molecule has 112 valence electrons. The maximum atomic E-state index is 6.20. The molecule has 0 amide bonds. The van der Waals surface area contributed by atoms with Crippen molar-refractivity contribution < 1.29 is 0 Å². The Morgan fingerprint density at radius 3 is 2.68 bits per heavy atom. The lowest BCUT2D eigenvalue weighted by Crippen LogP contribution is -2.02. The van der Waals surface area contributed by atoms with Gasteiger partial charge in [-0.3, -0.25) is 4.68 Å². The zero-order valence-corrected chi connectivity index (χ0v) is 13.0. The van der Waals surface area contributed by atoms with Crippen LogP contribution in [-0.2, 0) is 19.9 Å². The van der Waals surface area contributed by atoms with Gasteiger partial charge in [-0.1, -0.05) is 41.9 Å². The summed E-state index contributed by atoms with van der Waals surface area (Å²) in [6.45, 7) is 0. The summed E-state index contributed by atoms with van der Waals surface area (Å²) in [6, 6.07) is 10.3. The molecule has 0 saturated carbocycles. The third-order valence-corrected chi connectivity index (χ3v) is 3.59. The zero-order valence-electron chi connectivity index (χ0n) is 12.2. The van der Waals surface area contributed by atoms with Gasteiger partial charge in [0.25, 0.3) is 0 Å². The van der Waals surface area contributed by atoms with Gasteiger partial charge >= 0.3 is 0 Å². The van der Waals surface area contributed by atoms with E-state index in [0.29, 0.717) is 11.0 Å². The molecule has 1 aromatic carbocycles. The first-order valence-electron chi connectivity index (χ1n) is 7.02. The van der Waals surface area contributed by atoms with E-state index in [4.69, 9.17) is 11.6 Å². The summed E-state index contributed by atoms with van der Waals surface area (Å²) in [5, 5.41) is 7.82. The highest BCUT2D eigenvalue weighted by Gasteiger charge is 2.07. The number of halogens is 1. The predicted octanol–water partition coefficient (Wildman–Crippen LogP) is 3.39. The molecule has 0 spiro atoms. The first-order chi connectivity index (χ1) is 10.7. The van der Waals surface area contributed by atoms with Gasteiger partial charge in [-0.15, -0.1) is 0 Å². The highest BCUT2D eigenvalue weighted by atomic mass is 35.5. The topological polar surface area (TPSA) is 55.6 Å². The average molecular weight is 314 g/mol. The molecule has 22 heavy (non-hydrogen) atoms. The summed E-state index contributed by atoms with van der Waals surface area (Å²) in [6.07, 6.45) is 6.88. The number of rotatable bonds is 5. The molecule has 2 aromatic heterocycles. The molecule has 0 unspecified atom stereocenters. The van der Waals surface area contributed by atoms with E-state index in [2.05, 4.69) is 32.5 Å². The summed E-state index contributed by atoms with van der Waals surface area (Å²) < 4.78 is 1.72. The standard InChI is InChI=1S/C16H16ClN5/c1-22-11-13(9-19-22)20-16-18-10-14(17)15(21-16)8-7-12-5-3-2-4-6-12/h2-6,9-11H,7-8H2,1H3,(H,18,20,21). The van der Waals surface area contributed by atoms with E-state index in [1.54, 1.807) is 17.1 Å². The Kier molecular flexibility index (Phi) is 4.34. The van der Waals surface area contributed by atoms with Gasteiger partial charge in [-0.25, -0.2) is 9.97 Å². The van der Waals surface area contributed by atoms with Crippen LogP contribution in [0.4, 0.5) is 11.6 Å². The van der Waals surface area contributed by atoms with Gasteiger partial charge in [0.15, 0.2) is 0 Å². The van der Waals surface area contributed by atoms with E-state index in [1.165, 1.54) is 5.56 Å². The summed E-state index contributed by atoms with van der Waals surface area (Å²) >= 11 is 6.20. The molecule has 0 bridgehead atoms. The third kappa shape index (κ3) is 3.62. The summed E-state index contributed by atoms with van der Waals surface area (Å²) in [4.78, 5) is 8.71. The lowest BCUT2D eigenvalue weighted by Gasteiger charge is -2.07. The van der Waals surface area contributed by atoms with Crippen molar-refractivity contribution >= 4 is 23.2 Å². The van der Waals surface area contributed by atoms with Crippen molar-refractivity contribution in [2.24, 2.45) is 7.05 Å². The fourth-order valence-corrected chi connectivity index (χ4v) is 2.35. The van der Waals surface area contributed by atoms with Crippen LogP contribution in [0, 0.1) is 0 Å². The Balaban J connectivity index is 1.72. The van der Waals surface area contributed by atoms with E-state index in [9.17, 15) is 0 Å². The van der Waals surface area contributed by atoms with Crippen molar-refractivity contribution in [1.82, 2.24) is 19.7 Å². The monoisotopic (exact) mass is 313 g/mol. The molecule has 0 aliphatic rings. The zero-order chi connectivity index (χ0) is 15.4. The lowest BCUT2D eigenvalue weighted by molar-refractivity contribution is 0.768. The number of hydrogen-bond acceptors (Lipinski definition) is 4. The lowest BCUT2D eigenvalue weighted by atomic mass is 10.1. The molecule has 6 heteroatoms. The smallest absolute Gasteiger partial charge is 0.227 e. The highest BCUT2D eigenvalue weighted by molar-refractivity contribution is 6.31. The Morgan fingerprint density at radius 2 is 1.95 bits per heavy atom. The number of aromatic nitrogens is 4. The molecule has 0 atom stereocenters. The van der Waals surface area contributed by atoms with E-state index in [0.717, 1.165) is 24.2 Å². The third-order valence-electron chi connectivity index (χ3n) is 3.27. The van der Waals surface area contributed by atoms with Crippen molar-refractivity contribution in [3.8, 4) is 0 Å². The molecule has 0 aliphatic carbocycles. The quantitative estimate of drug-likeness (QED) is 0.784. The molecule has 3 aromatic rings. The maximum absolute atomic E-state index is 6.20. The molecule has 0 saturated heterocycles.